The predicted octanol–water partition coefficient (Wildman–Crippen LogP) is 0.964. The van der Waals surface area contributed by atoms with Gasteiger partial charge in [-0.2, -0.15) is 5.10 Å². The first kappa shape index (κ1) is 14.8. The molecule has 0 radical (unpaired) electrons. The van der Waals surface area contributed by atoms with Crippen LogP contribution in [0, 0.1) is 6.92 Å². The summed E-state index contributed by atoms with van der Waals surface area (Å²) >= 11 is 0. The molecule has 0 spiro atoms. The highest BCUT2D eigenvalue weighted by Gasteiger charge is 2.23. The van der Waals surface area contributed by atoms with Crippen LogP contribution in [0.1, 0.15) is 24.1 Å². The minimum atomic E-state index is 0.117. The van der Waals surface area contributed by atoms with Crippen molar-refractivity contribution in [2.24, 2.45) is 7.05 Å². The van der Waals surface area contributed by atoms with Crippen molar-refractivity contribution < 1.29 is 4.79 Å². The SMILES string of the molecule is Cc1nn(C)cc1CNC1CCN(C(=O)N(C)C)CC1. The molecule has 0 unspecified atom stereocenters. The molecule has 0 saturated carbocycles. The number of nitrogens with one attached hydrogen (secondary N) is 1. The van der Waals surface area contributed by atoms with E-state index in [1.54, 1.807) is 19.0 Å². The molecule has 1 fully saturated rings. The topological polar surface area (TPSA) is 53.4 Å². The van der Waals surface area contributed by atoms with Gasteiger partial charge in [0.1, 0.15) is 0 Å². The summed E-state index contributed by atoms with van der Waals surface area (Å²) in [5.41, 5.74) is 2.33. The van der Waals surface area contributed by atoms with Crippen LogP contribution in [0.25, 0.3) is 0 Å². The van der Waals surface area contributed by atoms with E-state index < -0.39 is 0 Å². The van der Waals surface area contributed by atoms with Gasteiger partial charge in [0, 0.05) is 58.6 Å². The number of carbonyl (C=O) groups is 1. The molecule has 1 saturated heterocycles. The number of likely N-dealkylation sites (tertiary alicyclic amines) is 1. The van der Waals surface area contributed by atoms with E-state index in [9.17, 15) is 4.79 Å². The third-order valence-electron chi connectivity index (χ3n) is 3.84. The number of aromatic nitrogens is 2. The molecular weight excluding hydrogens is 254 g/mol. The average Bonchev–Trinajstić information content (AvgIpc) is 2.74. The van der Waals surface area contributed by atoms with Gasteiger partial charge in [-0.15, -0.1) is 0 Å². The smallest absolute Gasteiger partial charge is 0.319 e. The molecule has 0 aromatic carbocycles. The van der Waals surface area contributed by atoms with Gasteiger partial charge >= 0.3 is 6.03 Å². The number of amides is 2. The van der Waals surface area contributed by atoms with Crippen molar-refractivity contribution in [1.82, 2.24) is 24.9 Å². The summed E-state index contributed by atoms with van der Waals surface area (Å²) < 4.78 is 1.85. The third kappa shape index (κ3) is 3.50. The van der Waals surface area contributed by atoms with Crippen molar-refractivity contribution in [2.45, 2.75) is 32.4 Å². The van der Waals surface area contributed by atoms with Gasteiger partial charge in [0.05, 0.1) is 5.69 Å². The van der Waals surface area contributed by atoms with Gasteiger partial charge in [-0.1, -0.05) is 0 Å². The number of hydrogen-bond acceptors (Lipinski definition) is 3. The highest BCUT2D eigenvalue weighted by molar-refractivity contribution is 5.73. The molecule has 2 rings (SSSR count). The highest BCUT2D eigenvalue weighted by atomic mass is 16.2. The van der Waals surface area contributed by atoms with Crippen molar-refractivity contribution in [2.75, 3.05) is 27.2 Å². The summed E-state index contributed by atoms with van der Waals surface area (Å²) in [5.74, 6) is 0. The first-order valence-electron chi connectivity index (χ1n) is 7.16. The Balaban J connectivity index is 1.77. The summed E-state index contributed by atoms with van der Waals surface area (Å²) in [5, 5.41) is 7.92. The monoisotopic (exact) mass is 279 g/mol. The average molecular weight is 279 g/mol. The molecule has 2 amide bonds. The summed E-state index contributed by atoms with van der Waals surface area (Å²) in [7, 11) is 5.55. The minimum absolute atomic E-state index is 0.117. The second kappa shape index (κ2) is 6.26. The van der Waals surface area contributed by atoms with Crippen LogP contribution in [0.5, 0.6) is 0 Å². The predicted molar refractivity (Wildman–Crippen MR) is 78.5 cm³/mol. The molecular formula is C14H25N5O. The first-order chi connectivity index (χ1) is 9.47. The van der Waals surface area contributed by atoms with Crippen LogP contribution in [0.15, 0.2) is 6.20 Å². The summed E-state index contributed by atoms with van der Waals surface area (Å²) in [6, 6.07) is 0.604. The largest absolute Gasteiger partial charge is 0.331 e. The first-order valence-corrected chi connectivity index (χ1v) is 7.16. The molecule has 0 aliphatic carbocycles. The van der Waals surface area contributed by atoms with E-state index in [4.69, 9.17) is 0 Å². The number of nitrogens with zero attached hydrogens (tertiary/aromatic N) is 4. The molecule has 6 nitrogen and oxygen atoms in total. The lowest BCUT2D eigenvalue weighted by Crippen LogP contribution is -2.47. The highest BCUT2D eigenvalue weighted by Crippen LogP contribution is 2.13. The summed E-state index contributed by atoms with van der Waals surface area (Å²) in [6.07, 6.45) is 4.09. The zero-order valence-corrected chi connectivity index (χ0v) is 12.9. The van der Waals surface area contributed by atoms with Gasteiger partial charge in [-0.3, -0.25) is 4.68 Å². The maximum Gasteiger partial charge on any atom is 0.319 e. The van der Waals surface area contributed by atoms with E-state index in [1.807, 2.05) is 23.6 Å². The Kier molecular flexibility index (Phi) is 4.65. The Morgan fingerprint density at radius 1 is 1.45 bits per heavy atom. The summed E-state index contributed by atoms with van der Waals surface area (Å²) in [4.78, 5) is 15.4. The number of rotatable bonds is 3. The maximum absolute atomic E-state index is 11.9. The number of aryl methyl sites for hydroxylation is 2. The van der Waals surface area contributed by atoms with Gasteiger partial charge in [-0.25, -0.2) is 4.79 Å². The zero-order chi connectivity index (χ0) is 14.7. The molecule has 112 valence electrons. The van der Waals surface area contributed by atoms with Crippen LogP contribution in [-0.4, -0.2) is 58.8 Å². The number of piperidine rings is 1. The van der Waals surface area contributed by atoms with E-state index in [2.05, 4.69) is 16.6 Å². The van der Waals surface area contributed by atoms with E-state index in [1.165, 1.54) is 5.56 Å². The second-order valence-electron chi connectivity index (χ2n) is 5.73. The molecule has 1 aromatic heterocycles. The molecule has 1 aliphatic rings. The maximum atomic E-state index is 11.9. The Bertz CT molecular complexity index is 460. The second-order valence-corrected chi connectivity index (χ2v) is 5.73. The molecule has 1 aliphatic heterocycles. The van der Waals surface area contributed by atoms with Gasteiger partial charge in [0.25, 0.3) is 0 Å². The Labute approximate surface area is 120 Å². The van der Waals surface area contributed by atoms with E-state index in [0.717, 1.165) is 38.2 Å². The van der Waals surface area contributed by atoms with Crippen molar-refractivity contribution in [3.63, 3.8) is 0 Å². The molecule has 20 heavy (non-hydrogen) atoms. The Morgan fingerprint density at radius 2 is 2.10 bits per heavy atom. The fraction of sp³-hybridized carbons (Fsp3) is 0.714. The Morgan fingerprint density at radius 3 is 2.60 bits per heavy atom. The molecule has 0 bridgehead atoms. The minimum Gasteiger partial charge on any atom is -0.331 e. The number of carbonyl (C=O) groups excluding carboxylic acids is 1. The van der Waals surface area contributed by atoms with Gasteiger partial charge < -0.3 is 15.1 Å². The lowest BCUT2D eigenvalue weighted by Gasteiger charge is -2.34. The zero-order valence-electron chi connectivity index (χ0n) is 12.9. The lowest BCUT2D eigenvalue weighted by molar-refractivity contribution is 0.152. The molecule has 0 atom stereocenters. The van der Waals surface area contributed by atoms with Gasteiger partial charge in [-0.05, 0) is 19.8 Å². The molecule has 2 heterocycles. The van der Waals surface area contributed by atoms with Crippen LogP contribution >= 0.6 is 0 Å². The normalized spacial score (nSPS) is 16.5. The molecule has 1 aromatic rings. The fourth-order valence-electron chi connectivity index (χ4n) is 2.63. The molecule has 6 heteroatoms. The molecule has 1 N–H and O–H groups in total. The van der Waals surface area contributed by atoms with Gasteiger partial charge in [0.2, 0.25) is 0 Å². The Hall–Kier alpha value is -1.56. The van der Waals surface area contributed by atoms with Crippen LogP contribution in [0.4, 0.5) is 4.79 Å². The third-order valence-corrected chi connectivity index (χ3v) is 3.84. The van der Waals surface area contributed by atoms with Crippen LogP contribution < -0.4 is 5.32 Å². The lowest BCUT2D eigenvalue weighted by atomic mass is 10.0. The van der Waals surface area contributed by atoms with Gasteiger partial charge in [0.15, 0.2) is 0 Å². The van der Waals surface area contributed by atoms with E-state index >= 15 is 0 Å². The fourth-order valence-corrected chi connectivity index (χ4v) is 2.63. The summed E-state index contributed by atoms with van der Waals surface area (Å²) in [6.45, 7) is 4.56. The number of hydrogen-bond donors (Lipinski definition) is 1. The van der Waals surface area contributed by atoms with Crippen molar-refractivity contribution in [1.29, 1.82) is 0 Å². The number of urea groups is 1. The van der Waals surface area contributed by atoms with Crippen molar-refractivity contribution in [3.8, 4) is 0 Å². The van der Waals surface area contributed by atoms with Crippen LogP contribution in [-0.2, 0) is 13.6 Å². The standard InChI is InChI=1S/C14H25N5O/c1-11-12(10-18(4)16-11)9-15-13-5-7-19(8-6-13)14(20)17(2)3/h10,13,15H,5-9H2,1-4H3. The van der Waals surface area contributed by atoms with Crippen molar-refractivity contribution in [3.05, 3.63) is 17.5 Å². The van der Waals surface area contributed by atoms with Crippen molar-refractivity contribution >= 4 is 6.03 Å². The van der Waals surface area contributed by atoms with E-state index in [-0.39, 0.29) is 6.03 Å². The van der Waals surface area contributed by atoms with Crippen LogP contribution in [0.2, 0.25) is 0 Å². The quantitative estimate of drug-likeness (QED) is 0.897. The van der Waals surface area contributed by atoms with E-state index in [0.29, 0.717) is 6.04 Å². The van der Waals surface area contributed by atoms with Crippen LogP contribution in [0.3, 0.4) is 0 Å².